The Hall–Kier alpha value is 1.49. The molecule has 1 atom stereocenters. The Morgan fingerprint density at radius 2 is 1.36 bits per heavy atom. The van der Waals surface area contributed by atoms with E-state index in [-0.39, 0.29) is 45.4 Å². The molecule has 0 rings (SSSR count). The van der Waals surface area contributed by atoms with Crippen LogP contribution in [0.5, 0.6) is 0 Å². The van der Waals surface area contributed by atoms with Crippen LogP contribution in [0.25, 0.3) is 0 Å². The molecule has 0 aliphatic carbocycles. The van der Waals surface area contributed by atoms with Crippen molar-refractivity contribution in [1.29, 1.82) is 0 Å². The van der Waals surface area contributed by atoms with Crippen molar-refractivity contribution in [3.05, 3.63) is 13.8 Å². The number of hydrogen-bond acceptors (Lipinski definition) is 0. The molecule has 0 radical (unpaired) electrons. The molecule has 1 unspecified atom stereocenters. The molecule has 0 aliphatic rings. The summed E-state index contributed by atoms with van der Waals surface area (Å²) in [6, 6.07) is 0. The quantitative estimate of drug-likeness (QED) is 0.353. The van der Waals surface area contributed by atoms with Crippen molar-refractivity contribution in [2.45, 2.75) is 33.6 Å². The minimum atomic E-state index is 0. The zero-order valence-corrected chi connectivity index (χ0v) is 11.9. The maximum absolute atomic E-state index is 3.64. The molecule has 0 aromatic rings. The third kappa shape index (κ3) is 167. The SMILES string of the molecule is Cl.P.[CH2-]C(C)C.[CH2-]CCC.[Mg+2]. The molecule has 0 aromatic heterocycles. The van der Waals surface area contributed by atoms with Gasteiger partial charge in [-0.15, -0.1) is 12.4 Å². The molecule has 11 heavy (non-hydrogen) atoms. The first-order chi connectivity index (χ1) is 3.65. The zero-order valence-electron chi connectivity index (χ0n) is 8.23. The van der Waals surface area contributed by atoms with Gasteiger partial charge in [-0.2, -0.15) is 22.2 Å². The van der Waals surface area contributed by atoms with Crippen molar-refractivity contribution in [2.24, 2.45) is 5.92 Å². The van der Waals surface area contributed by atoms with E-state index in [0.29, 0.717) is 5.92 Å². The van der Waals surface area contributed by atoms with Crippen molar-refractivity contribution in [3.8, 4) is 0 Å². The van der Waals surface area contributed by atoms with Crippen LogP contribution in [0.3, 0.4) is 0 Å². The van der Waals surface area contributed by atoms with Gasteiger partial charge in [0.15, 0.2) is 0 Å². The molecule has 3 heteroatoms. The summed E-state index contributed by atoms with van der Waals surface area (Å²) in [5.74, 6) is 0.583. The Morgan fingerprint density at radius 3 is 1.36 bits per heavy atom. The summed E-state index contributed by atoms with van der Waals surface area (Å²) in [6.45, 7) is 13.5. The fraction of sp³-hybridized carbons (Fsp3) is 0.750. The van der Waals surface area contributed by atoms with E-state index in [2.05, 4.69) is 34.6 Å². The van der Waals surface area contributed by atoms with Gasteiger partial charge >= 0.3 is 23.1 Å². The fourth-order valence-electron chi connectivity index (χ4n) is 0. The summed E-state index contributed by atoms with van der Waals surface area (Å²) in [4.78, 5) is 0. The summed E-state index contributed by atoms with van der Waals surface area (Å²) >= 11 is 0. The van der Waals surface area contributed by atoms with Gasteiger partial charge in [-0.05, 0) is 0 Å². The molecular weight excluding hydrogens is 187 g/mol. The molecule has 0 bridgehead atoms. The topological polar surface area (TPSA) is 0 Å². The maximum atomic E-state index is 3.64. The predicted molar refractivity (Wildman–Crippen MR) is 64.6 cm³/mol. The van der Waals surface area contributed by atoms with Gasteiger partial charge in [0.2, 0.25) is 0 Å². The molecule has 0 aromatic carbocycles. The van der Waals surface area contributed by atoms with Crippen LogP contribution < -0.4 is 0 Å². The summed E-state index contributed by atoms with van der Waals surface area (Å²) in [5, 5.41) is 0. The van der Waals surface area contributed by atoms with Crippen molar-refractivity contribution in [3.63, 3.8) is 0 Å². The van der Waals surface area contributed by atoms with E-state index in [0.717, 1.165) is 6.42 Å². The van der Waals surface area contributed by atoms with Crippen LogP contribution in [0, 0.1) is 19.8 Å². The molecular formula is C8H22ClMgP. The summed E-state index contributed by atoms with van der Waals surface area (Å²) in [7, 11) is 0. The van der Waals surface area contributed by atoms with Gasteiger partial charge < -0.3 is 13.8 Å². The van der Waals surface area contributed by atoms with E-state index in [9.17, 15) is 0 Å². The Morgan fingerprint density at radius 1 is 1.27 bits per heavy atom. The van der Waals surface area contributed by atoms with Crippen molar-refractivity contribution in [2.75, 3.05) is 0 Å². The molecule has 0 fully saturated rings. The van der Waals surface area contributed by atoms with Crippen LogP contribution >= 0.6 is 22.3 Å². The van der Waals surface area contributed by atoms with Crippen molar-refractivity contribution >= 4 is 45.4 Å². The van der Waals surface area contributed by atoms with Crippen molar-refractivity contribution in [1.82, 2.24) is 0 Å². The number of unbranched alkanes of at least 4 members (excludes halogenated alkanes) is 1. The van der Waals surface area contributed by atoms with E-state index >= 15 is 0 Å². The summed E-state index contributed by atoms with van der Waals surface area (Å²) in [6.07, 6.45) is 2.28. The largest absolute Gasteiger partial charge is 2.00 e. The average Bonchev–Trinajstić information content (AvgIpc) is 1.65. The smallest absolute Gasteiger partial charge is 0.343 e. The average molecular weight is 209 g/mol. The second-order valence-electron chi connectivity index (χ2n) is 2.25. The minimum Gasteiger partial charge on any atom is -0.343 e. The predicted octanol–water partition coefficient (Wildman–Crippen LogP) is 3.20. The van der Waals surface area contributed by atoms with E-state index < -0.39 is 0 Å². The Balaban J connectivity index is -0.0000000171. The summed E-state index contributed by atoms with van der Waals surface area (Å²) in [5.41, 5.74) is 0. The van der Waals surface area contributed by atoms with Crippen molar-refractivity contribution < 1.29 is 0 Å². The number of rotatable bonds is 1. The molecule has 68 valence electrons. The number of hydrogen-bond donors (Lipinski definition) is 0. The van der Waals surface area contributed by atoms with E-state index in [1.54, 1.807) is 0 Å². The first kappa shape index (κ1) is 29.4. The Kier molecular flexibility index (Phi) is 80.2. The van der Waals surface area contributed by atoms with Crippen LogP contribution in [-0.4, -0.2) is 23.1 Å². The van der Waals surface area contributed by atoms with Crippen LogP contribution in [0.2, 0.25) is 0 Å². The van der Waals surface area contributed by atoms with E-state index in [4.69, 9.17) is 0 Å². The molecule has 0 saturated heterocycles. The fourth-order valence-corrected chi connectivity index (χ4v) is 0. The zero-order chi connectivity index (χ0) is 6.99. The third-order valence-electron chi connectivity index (χ3n) is 0.354. The van der Waals surface area contributed by atoms with Crippen LogP contribution in [0.4, 0.5) is 0 Å². The standard InChI is InChI=1S/2C4H9.ClH.Mg.H3P/c1-4(2)3;1-3-4-2;;;/h4H,1H2,2-3H3;1,3-4H2,2H3;1H;;1H3/q2*-1;;+2;. The molecule has 0 spiro atoms. The second kappa shape index (κ2) is 30.0. The van der Waals surface area contributed by atoms with E-state index in [1.807, 2.05) is 0 Å². The molecule has 0 saturated carbocycles. The maximum Gasteiger partial charge on any atom is 2.00 e. The molecule has 0 N–H and O–H groups in total. The van der Waals surface area contributed by atoms with E-state index in [1.165, 1.54) is 6.42 Å². The molecule has 0 aliphatic heterocycles. The van der Waals surface area contributed by atoms with Crippen LogP contribution in [-0.2, 0) is 0 Å². The minimum absolute atomic E-state index is 0. The van der Waals surface area contributed by atoms with Gasteiger partial charge in [0.25, 0.3) is 0 Å². The second-order valence-corrected chi connectivity index (χ2v) is 2.25. The molecule has 0 amide bonds. The molecule has 0 heterocycles. The number of halogens is 1. The third-order valence-corrected chi connectivity index (χ3v) is 0.354. The van der Waals surface area contributed by atoms with Gasteiger partial charge in [0, 0.05) is 0 Å². The Labute approximate surface area is 98.5 Å². The van der Waals surface area contributed by atoms with Crippen LogP contribution in [0.15, 0.2) is 0 Å². The summed E-state index contributed by atoms with van der Waals surface area (Å²) < 4.78 is 0. The van der Waals surface area contributed by atoms with Gasteiger partial charge in [-0.3, -0.25) is 0 Å². The Bertz CT molecular complexity index is 30.5. The van der Waals surface area contributed by atoms with Gasteiger partial charge in [-0.25, -0.2) is 0 Å². The molecule has 0 nitrogen and oxygen atoms in total. The van der Waals surface area contributed by atoms with Crippen LogP contribution in [0.1, 0.15) is 33.6 Å². The van der Waals surface area contributed by atoms with Gasteiger partial charge in [-0.1, -0.05) is 27.2 Å². The first-order valence-electron chi connectivity index (χ1n) is 3.27. The monoisotopic (exact) mass is 208 g/mol. The first-order valence-corrected chi connectivity index (χ1v) is 3.27. The normalized spacial score (nSPS) is 6.00. The van der Waals surface area contributed by atoms with Gasteiger partial charge in [0.1, 0.15) is 0 Å². The van der Waals surface area contributed by atoms with Gasteiger partial charge in [0.05, 0.1) is 0 Å².